The number of nitro benzene ring substituents is 1. The summed E-state index contributed by atoms with van der Waals surface area (Å²) < 4.78 is 0. The van der Waals surface area contributed by atoms with Gasteiger partial charge >= 0.3 is 0 Å². The van der Waals surface area contributed by atoms with E-state index in [0.717, 1.165) is 0 Å². The van der Waals surface area contributed by atoms with Crippen LogP contribution in [0.25, 0.3) is 0 Å². The number of rotatable bonds is 6. The predicted octanol–water partition coefficient (Wildman–Crippen LogP) is 2.07. The molecule has 6 heteroatoms. The molecule has 1 aromatic carbocycles. The second kappa shape index (κ2) is 6.47. The van der Waals surface area contributed by atoms with Gasteiger partial charge in [0.05, 0.1) is 11.5 Å². The van der Waals surface area contributed by atoms with E-state index in [1.807, 2.05) is 13.8 Å². The zero-order chi connectivity index (χ0) is 15.3. The molecule has 110 valence electrons. The van der Waals surface area contributed by atoms with Crippen molar-refractivity contribution in [3.63, 3.8) is 0 Å². The molecule has 0 fully saturated rings. The van der Waals surface area contributed by atoms with Gasteiger partial charge in [-0.05, 0) is 20.3 Å². The highest BCUT2D eigenvalue weighted by molar-refractivity contribution is 5.76. The fourth-order valence-corrected chi connectivity index (χ4v) is 1.79. The standard InChI is InChI=1S/C14H21N3O3/c1-14(2,15)9-8-13(18)16(3)10-11-6-4-5-7-12(11)17(19)20/h4-7H,8-10,15H2,1-3H3. The molecule has 0 aliphatic rings. The molecule has 0 unspecified atom stereocenters. The van der Waals surface area contributed by atoms with Gasteiger partial charge in [-0.3, -0.25) is 14.9 Å². The summed E-state index contributed by atoms with van der Waals surface area (Å²) in [7, 11) is 1.64. The van der Waals surface area contributed by atoms with E-state index in [4.69, 9.17) is 5.73 Å². The summed E-state index contributed by atoms with van der Waals surface area (Å²) in [5.74, 6) is -0.0679. The van der Waals surface area contributed by atoms with Crippen LogP contribution in [0, 0.1) is 10.1 Å². The van der Waals surface area contributed by atoms with Crippen LogP contribution < -0.4 is 5.73 Å². The number of carbonyl (C=O) groups excluding carboxylic acids is 1. The Morgan fingerprint density at radius 2 is 2.00 bits per heavy atom. The molecule has 0 heterocycles. The minimum atomic E-state index is -0.434. The Bertz CT molecular complexity index is 495. The summed E-state index contributed by atoms with van der Waals surface area (Å²) >= 11 is 0. The number of nitrogens with two attached hydrogens (primary N) is 1. The molecule has 1 amide bonds. The molecule has 1 aromatic rings. The molecule has 6 nitrogen and oxygen atoms in total. The number of hydrogen-bond acceptors (Lipinski definition) is 4. The van der Waals surface area contributed by atoms with Crippen LogP contribution in [0.5, 0.6) is 0 Å². The number of hydrogen-bond donors (Lipinski definition) is 1. The van der Waals surface area contributed by atoms with Crippen molar-refractivity contribution in [3.05, 3.63) is 39.9 Å². The van der Waals surface area contributed by atoms with Crippen LogP contribution in [0.1, 0.15) is 32.3 Å². The predicted molar refractivity (Wildman–Crippen MR) is 77.1 cm³/mol. The van der Waals surface area contributed by atoms with Crippen molar-refractivity contribution in [3.8, 4) is 0 Å². The first-order valence-electron chi connectivity index (χ1n) is 6.46. The molecule has 0 saturated heterocycles. The van der Waals surface area contributed by atoms with Gasteiger partial charge in [0.25, 0.3) is 5.69 Å². The smallest absolute Gasteiger partial charge is 0.274 e. The van der Waals surface area contributed by atoms with Crippen LogP contribution in [-0.4, -0.2) is 28.3 Å². The van der Waals surface area contributed by atoms with Crippen molar-refractivity contribution in [2.75, 3.05) is 7.05 Å². The largest absolute Gasteiger partial charge is 0.341 e. The highest BCUT2D eigenvalue weighted by atomic mass is 16.6. The Kier molecular flexibility index (Phi) is 5.21. The Morgan fingerprint density at radius 1 is 1.40 bits per heavy atom. The fraction of sp³-hybridized carbons (Fsp3) is 0.500. The summed E-state index contributed by atoms with van der Waals surface area (Å²) in [5, 5.41) is 10.9. The average Bonchev–Trinajstić information content (AvgIpc) is 2.35. The average molecular weight is 279 g/mol. The van der Waals surface area contributed by atoms with E-state index in [-0.39, 0.29) is 18.1 Å². The second-order valence-corrected chi connectivity index (χ2v) is 5.62. The van der Waals surface area contributed by atoms with E-state index in [2.05, 4.69) is 0 Å². The minimum Gasteiger partial charge on any atom is -0.341 e. The van der Waals surface area contributed by atoms with Crippen LogP contribution >= 0.6 is 0 Å². The molecule has 0 bridgehead atoms. The van der Waals surface area contributed by atoms with Crippen molar-refractivity contribution in [2.45, 2.75) is 38.8 Å². The molecular formula is C14H21N3O3. The topological polar surface area (TPSA) is 89.5 Å². The van der Waals surface area contributed by atoms with Gasteiger partial charge in [0, 0.05) is 30.6 Å². The Morgan fingerprint density at radius 3 is 2.55 bits per heavy atom. The van der Waals surface area contributed by atoms with E-state index >= 15 is 0 Å². The monoisotopic (exact) mass is 279 g/mol. The zero-order valence-electron chi connectivity index (χ0n) is 12.1. The van der Waals surface area contributed by atoms with Crippen molar-refractivity contribution in [1.82, 2.24) is 4.90 Å². The first kappa shape index (κ1) is 16.1. The van der Waals surface area contributed by atoms with Crippen molar-refractivity contribution < 1.29 is 9.72 Å². The molecule has 0 atom stereocenters. The first-order chi connectivity index (χ1) is 9.20. The molecule has 2 N–H and O–H groups in total. The SMILES string of the molecule is CN(Cc1ccccc1[N+](=O)[O-])C(=O)CCC(C)(C)N. The second-order valence-electron chi connectivity index (χ2n) is 5.62. The third kappa shape index (κ3) is 4.97. The van der Waals surface area contributed by atoms with Gasteiger partial charge < -0.3 is 10.6 Å². The highest BCUT2D eigenvalue weighted by Gasteiger charge is 2.19. The van der Waals surface area contributed by atoms with Crippen molar-refractivity contribution in [2.24, 2.45) is 5.73 Å². The van der Waals surface area contributed by atoms with Gasteiger partial charge in [-0.1, -0.05) is 18.2 Å². The lowest BCUT2D eigenvalue weighted by atomic mass is 10.00. The van der Waals surface area contributed by atoms with E-state index < -0.39 is 10.5 Å². The minimum absolute atomic E-state index is 0.0336. The van der Waals surface area contributed by atoms with E-state index in [0.29, 0.717) is 18.4 Å². The summed E-state index contributed by atoms with van der Waals surface area (Å²) in [6.45, 7) is 3.95. The summed E-state index contributed by atoms with van der Waals surface area (Å²) in [6, 6.07) is 6.44. The normalized spacial score (nSPS) is 11.2. The maximum absolute atomic E-state index is 12.0. The summed E-state index contributed by atoms with van der Waals surface area (Å²) in [6.07, 6.45) is 0.910. The van der Waals surface area contributed by atoms with Gasteiger partial charge in [0.1, 0.15) is 0 Å². The van der Waals surface area contributed by atoms with Gasteiger partial charge in [-0.2, -0.15) is 0 Å². The molecule has 0 aliphatic carbocycles. The number of carbonyl (C=O) groups is 1. The van der Waals surface area contributed by atoms with Gasteiger partial charge in [0.2, 0.25) is 5.91 Å². The van der Waals surface area contributed by atoms with Crippen LogP contribution in [0.4, 0.5) is 5.69 Å². The zero-order valence-corrected chi connectivity index (χ0v) is 12.1. The van der Waals surface area contributed by atoms with Crippen LogP contribution in [-0.2, 0) is 11.3 Å². The van der Waals surface area contributed by atoms with Crippen LogP contribution in [0.15, 0.2) is 24.3 Å². The van der Waals surface area contributed by atoms with Crippen LogP contribution in [0.2, 0.25) is 0 Å². The van der Waals surface area contributed by atoms with Gasteiger partial charge in [-0.15, -0.1) is 0 Å². The number of nitro groups is 1. The lowest BCUT2D eigenvalue weighted by Gasteiger charge is -2.21. The highest BCUT2D eigenvalue weighted by Crippen LogP contribution is 2.19. The number of para-hydroxylation sites is 1. The molecule has 0 spiro atoms. The van der Waals surface area contributed by atoms with Crippen molar-refractivity contribution >= 4 is 11.6 Å². The third-order valence-electron chi connectivity index (χ3n) is 3.00. The van der Waals surface area contributed by atoms with Crippen LogP contribution in [0.3, 0.4) is 0 Å². The lowest BCUT2D eigenvalue weighted by molar-refractivity contribution is -0.385. The molecule has 0 aromatic heterocycles. The van der Waals surface area contributed by atoms with Crippen molar-refractivity contribution in [1.29, 1.82) is 0 Å². The Balaban J connectivity index is 2.69. The fourth-order valence-electron chi connectivity index (χ4n) is 1.79. The Labute approximate surface area is 118 Å². The molecule has 0 saturated carbocycles. The molecule has 20 heavy (non-hydrogen) atoms. The molecule has 0 aliphatic heterocycles. The van der Waals surface area contributed by atoms with E-state index in [1.165, 1.54) is 11.0 Å². The quantitative estimate of drug-likeness (QED) is 0.637. The molecule has 0 radical (unpaired) electrons. The summed E-state index contributed by atoms with van der Waals surface area (Å²) in [4.78, 5) is 24.0. The lowest BCUT2D eigenvalue weighted by Crippen LogP contribution is -2.35. The maximum Gasteiger partial charge on any atom is 0.274 e. The third-order valence-corrected chi connectivity index (χ3v) is 3.00. The number of nitrogens with zero attached hydrogens (tertiary/aromatic N) is 2. The maximum atomic E-state index is 12.0. The Hall–Kier alpha value is -1.95. The summed E-state index contributed by atoms with van der Waals surface area (Å²) in [5.41, 5.74) is 6.01. The molecular weight excluding hydrogens is 258 g/mol. The molecule has 1 rings (SSSR count). The number of amides is 1. The van der Waals surface area contributed by atoms with E-state index in [1.54, 1.807) is 25.2 Å². The first-order valence-corrected chi connectivity index (χ1v) is 6.46. The number of benzene rings is 1. The van der Waals surface area contributed by atoms with E-state index in [9.17, 15) is 14.9 Å². The van der Waals surface area contributed by atoms with Gasteiger partial charge in [0.15, 0.2) is 0 Å². The van der Waals surface area contributed by atoms with Gasteiger partial charge in [-0.25, -0.2) is 0 Å².